The monoisotopic (exact) mass is 304 g/mol. The van der Waals surface area contributed by atoms with Gasteiger partial charge in [0.05, 0.1) is 12.8 Å². The summed E-state index contributed by atoms with van der Waals surface area (Å²) in [6.45, 7) is 3.15. The Morgan fingerprint density at radius 2 is 2.00 bits per heavy atom. The molecule has 112 valence electrons. The average molecular weight is 304 g/mol. The fourth-order valence-corrected chi connectivity index (χ4v) is 2.57. The summed E-state index contributed by atoms with van der Waals surface area (Å²) >= 11 is 1.81. The molecular weight excluding hydrogens is 284 g/mol. The number of rotatable bonds is 7. The van der Waals surface area contributed by atoms with E-state index in [1.165, 1.54) is 11.1 Å². The Morgan fingerprint density at radius 3 is 2.71 bits per heavy atom. The second-order valence-electron chi connectivity index (χ2n) is 4.73. The van der Waals surface area contributed by atoms with E-state index in [2.05, 4.69) is 41.8 Å². The molecule has 0 aliphatic carbocycles. The highest BCUT2D eigenvalue weighted by molar-refractivity contribution is 7.98. The molecule has 2 N–H and O–H groups in total. The van der Waals surface area contributed by atoms with E-state index in [0.29, 0.717) is 13.1 Å². The van der Waals surface area contributed by atoms with Gasteiger partial charge in [0.15, 0.2) is 0 Å². The molecular formula is C16H20N2O2S. The van der Waals surface area contributed by atoms with Crippen LogP contribution >= 0.6 is 11.8 Å². The van der Waals surface area contributed by atoms with Crippen molar-refractivity contribution < 1.29 is 9.21 Å². The van der Waals surface area contributed by atoms with Crippen LogP contribution in [0, 0.1) is 6.92 Å². The smallest absolute Gasteiger partial charge is 0.315 e. The third-order valence-corrected chi connectivity index (χ3v) is 3.95. The second kappa shape index (κ2) is 8.42. The van der Waals surface area contributed by atoms with Crippen molar-refractivity contribution in [3.05, 3.63) is 59.5 Å². The summed E-state index contributed by atoms with van der Waals surface area (Å²) in [4.78, 5) is 11.5. The van der Waals surface area contributed by atoms with Crippen LogP contribution < -0.4 is 10.6 Å². The van der Waals surface area contributed by atoms with Gasteiger partial charge in [-0.25, -0.2) is 4.79 Å². The van der Waals surface area contributed by atoms with Crippen LogP contribution in [0.5, 0.6) is 0 Å². The summed E-state index contributed by atoms with van der Waals surface area (Å²) in [5, 5.41) is 5.57. The van der Waals surface area contributed by atoms with Gasteiger partial charge in [-0.2, -0.15) is 11.8 Å². The van der Waals surface area contributed by atoms with Crippen LogP contribution in [0.25, 0.3) is 0 Å². The minimum atomic E-state index is -0.165. The zero-order valence-electron chi connectivity index (χ0n) is 12.1. The highest BCUT2D eigenvalue weighted by Gasteiger charge is 2.01. The molecule has 2 rings (SSSR count). The van der Waals surface area contributed by atoms with Crippen molar-refractivity contribution in [3.63, 3.8) is 0 Å². The molecule has 1 heterocycles. The van der Waals surface area contributed by atoms with Crippen molar-refractivity contribution in [2.45, 2.75) is 19.2 Å². The fraction of sp³-hybridized carbons (Fsp3) is 0.312. The van der Waals surface area contributed by atoms with Crippen LogP contribution in [0.1, 0.15) is 16.9 Å². The first kappa shape index (κ1) is 15.5. The van der Waals surface area contributed by atoms with Gasteiger partial charge in [0.1, 0.15) is 5.76 Å². The lowest BCUT2D eigenvalue weighted by molar-refractivity contribution is 0.240. The number of carbonyl (C=O) groups excluding carboxylic acids is 1. The lowest BCUT2D eigenvalue weighted by Crippen LogP contribution is -2.36. The minimum Gasteiger partial charge on any atom is -0.467 e. The number of urea groups is 1. The van der Waals surface area contributed by atoms with Crippen molar-refractivity contribution in [3.8, 4) is 0 Å². The Balaban J connectivity index is 1.53. The Hall–Kier alpha value is -1.88. The largest absolute Gasteiger partial charge is 0.467 e. The van der Waals surface area contributed by atoms with Crippen molar-refractivity contribution in [2.24, 2.45) is 0 Å². The van der Waals surface area contributed by atoms with Gasteiger partial charge < -0.3 is 15.1 Å². The summed E-state index contributed by atoms with van der Waals surface area (Å²) in [6.07, 6.45) is 1.59. The van der Waals surface area contributed by atoms with E-state index in [4.69, 9.17) is 4.42 Å². The molecule has 4 nitrogen and oxygen atoms in total. The quantitative estimate of drug-likeness (QED) is 0.772. The predicted molar refractivity (Wildman–Crippen MR) is 86.3 cm³/mol. The second-order valence-corrected chi connectivity index (χ2v) is 5.83. The number of amides is 2. The Morgan fingerprint density at radius 1 is 1.19 bits per heavy atom. The molecule has 0 aliphatic heterocycles. The highest BCUT2D eigenvalue weighted by Crippen LogP contribution is 2.12. The van der Waals surface area contributed by atoms with Crippen LogP contribution in [-0.2, 0) is 12.3 Å². The van der Waals surface area contributed by atoms with Crippen molar-refractivity contribution in [1.29, 1.82) is 0 Å². The zero-order chi connectivity index (χ0) is 14.9. The maximum Gasteiger partial charge on any atom is 0.315 e. The van der Waals surface area contributed by atoms with Crippen LogP contribution in [-0.4, -0.2) is 18.3 Å². The molecule has 0 saturated carbocycles. The lowest BCUT2D eigenvalue weighted by atomic mass is 10.2. The van der Waals surface area contributed by atoms with Gasteiger partial charge in [-0.3, -0.25) is 0 Å². The van der Waals surface area contributed by atoms with Gasteiger partial charge in [-0.05, 0) is 24.6 Å². The first-order valence-electron chi connectivity index (χ1n) is 6.91. The van der Waals surface area contributed by atoms with Gasteiger partial charge >= 0.3 is 6.03 Å². The van der Waals surface area contributed by atoms with Crippen molar-refractivity contribution >= 4 is 17.8 Å². The Bertz CT molecular complexity index is 538. The molecule has 0 bridgehead atoms. The number of hydrogen-bond acceptors (Lipinski definition) is 3. The molecule has 0 fully saturated rings. The fourth-order valence-electron chi connectivity index (χ4n) is 1.75. The normalized spacial score (nSPS) is 10.3. The number of nitrogens with one attached hydrogen (secondary N) is 2. The maximum atomic E-state index is 11.5. The van der Waals surface area contributed by atoms with E-state index in [0.717, 1.165) is 17.3 Å². The van der Waals surface area contributed by atoms with E-state index in [1.807, 2.05) is 17.8 Å². The molecule has 0 unspecified atom stereocenters. The molecule has 5 heteroatoms. The van der Waals surface area contributed by atoms with Crippen LogP contribution in [0.15, 0.2) is 47.1 Å². The molecule has 0 radical (unpaired) electrons. The SMILES string of the molecule is Cc1ccc(CSCCNC(=O)NCc2ccco2)cc1. The summed E-state index contributed by atoms with van der Waals surface area (Å²) in [5.74, 6) is 2.61. The van der Waals surface area contributed by atoms with E-state index in [-0.39, 0.29) is 6.03 Å². The van der Waals surface area contributed by atoms with E-state index < -0.39 is 0 Å². The Kier molecular flexibility index (Phi) is 6.22. The zero-order valence-corrected chi connectivity index (χ0v) is 12.9. The summed E-state index contributed by atoms with van der Waals surface area (Å²) < 4.78 is 5.14. The van der Waals surface area contributed by atoms with Gasteiger partial charge in [-0.1, -0.05) is 29.8 Å². The summed E-state index contributed by atoms with van der Waals surface area (Å²) in [7, 11) is 0. The molecule has 1 aromatic carbocycles. The van der Waals surface area contributed by atoms with E-state index >= 15 is 0 Å². The van der Waals surface area contributed by atoms with Gasteiger partial charge in [-0.15, -0.1) is 0 Å². The van der Waals surface area contributed by atoms with Gasteiger partial charge in [0, 0.05) is 18.1 Å². The van der Waals surface area contributed by atoms with Gasteiger partial charge in [0.25, 0.3) is 0 Å². The topological polar surface area (TPSA) is 54.3 Å². The molecule has 2 amide bonds. The van der Waals surface area contributed by atoms with Crippen LogP contribution in [0.2, 0.25) is 0 Å². The Labute approximate surface area is 129 Å². The maximum absolute atomic E-state index is 11.5. The third-order valence-electron chi connectivity index (χ3n) is 2.92. The van der Waals surface area contributed by atoms with Crippen molar-refractivity contribution in [2.75, 3.05) is 12.3 Å². The first-order valence-corrected chi connectivity index (χ1v) is 8.07. The van der Waals surface area contributed by atoms with E-state index in [9.17, 15) is 4.79 Å². The molecule has 21 heavy (non-hydrogen) atoms. The van der Waals surface area contributed by atoms with Crippen molar-refractivity contribution in [1.82, 2.24) is 10.6 Å². The molecule has 2 aromatic rings. The van der Waals surface area contributed by atoms with Crippen LogP contribution in [0.3, 0.4) is 0 Å². The predicted octanol–water partition coefficient (Wildman–Crippen LogP) is 3.32. The highest BCUT2D eigenvalue weighted by atomic mass is 32.2. The third kappa shape index (κ3) is 5.95. The first-order chi connectivity index (χ1) is 10.2. The number of aryl methyl sites for hydroxylation is 1. The van der Waals surface area contributed by atoms with Crippen LogP contribution in [0.4, 0.5) is 4.79 Å². The minimum absolute atomic E-state index is 0.165. The number of hydrogen-bond donors (Lipinski definition) is 2. The molecule has 0 atom stereocenters. The molecule has 1 aromatic heterocycles. The molecule has 0 aliphatic rings. The number of carbonyl (C=O) groups is 1. The number of furan rings is 1. The molecule has 0 saturated heterocycles. The van der Waals surface area contributed by atoms with E-state index in [1.54, 1.807) is 12.3 Å². The lowest BCUT2D eigenvalue weighted by Gasteiger charge is -2.06. The van der Waals surface area contributed by atoms with Gasteiger partial charge in [0.2, 0.25) is 0 Å². The average Bonchev–Trinajstić information content (AvgIpc) is 3.00. The summed E-state index contributed by atoms with van der Waals surface area (Å²) in [5.41, 5.74) is 2.59. The number of thioether (sulfide) groups is 1. The summed E-state index contributed by atoms with van der Waals surface area (Å²) in [6, 6.07) is 12.0. The standard InChI is InChI=1S/C16H20N2O2S/c1-13-4-6-14(7-5-13)12-21-10-8-17-16(19)18-11-15-3-2-9-20-15/h2-7,9H,8,10-12H2,1H3,(H2,17,18,19). The molecule has 0 spiro atoms. The number of benzene rings is 1.